The molecule has 1 unspecified atom stereocenters. The molecule has 0 aliphatic rings. The normalized spacial score (nSPS) is 13.7. The summed E-state index contributed by atoms with van der Waals surface area (Å²) >= 11 is 3.49. The van der Waals surface area contributed by atoms with Crippen molar-refractivity contribution in [2.24, 2.45) is 5.92 Å². The summed E-state index contributed by atoms with van der Waals surface area (Å²) < 4.78 is 6.04. The highest BCUT2D eigenvalue weighted by Crippen LogP contribution is 2.17. The highest BCUT2D eigenvalue weighted by atomic mass is 79.9. The molecular formula is C16H35BrOSi. The third-order valence-electron chi connectivity index (χ3n) is 3.58. The van der Waals surface area contributed by atoms with Gasteiger partial charge in [-0.25, -0.2) is 0 Å². The summed E-state index contributed by atoms with van der Waals surface area (Å²) in [5, 5.41) is 1.17. The molecule has 116 valence electrons. The van der Waals surface area contributed by atoms with Crippen molar-refractivity contribution in [2.45, 2.75) is 84.4 Å². The van der Waals surface area contributed by atoms with Crippen LogP contribution in [0.15, 0.2) is 0 Å². The van der Waals surface area contributed by atoms with E-state index < -0.39 is 8.32 Å². The van der Waals surface area contributed by atoms with Crippen molar-refractivity contribution in [3.63, 3.8) is 0 Å². The molecule has 1 nitrogen and oxygen atoms in total. The Bertz CT molecular complexity index is 192. The summed E-state index contributed by atoms with van der Waals surface area (Å²) in [6, 6.07) is 0. The monoisotopic (exact) mass is 350 g/mol. The SMILES string of the molecule is CCC(CCCCCCCCCBr)CO[Si](C)(C)C. The van der Waals surface area contributed by atoms with E-state index in [0.29, 0.717) is 0 Å². The molecule has 0 amide bonds. The zero-order chi connectivity index (χ0) is 14.6. The van der Waals surface area contributed by atoms with Crippen LogP contribution in [-0.4, -0.2) is 20.3 Å². The van der Waals surface area contributed by atoms with Crippen LogP contribution < -0.4 is 0 Å². The lowest BCUT2D eigenvalue weighted by Gasteiger charge is -2.22. The Morgan fingerprint density at radius 1 is 0.895 bits per heavy atom. The van der Waals surface area contributed by atoms with E-state index in [1.807, 2.05) is 0 Å². The Labute approximate surface area is 131 Å². The fraction of sp³-hybridized carbons (Fsp3) is 1.00. The van der Waals surface area contributed by atoms with Gasteiger partial charge in [0.05, 0.1) is 0 Å². The van der Waals surface area contributed by atoms with E-state index in [1.54, 1.807) is 0 Å². The Balaban J connectivity index is 3.41. The number of halogens is 1. The van der Waals surface area contributed by atoms with E-state index >= 15 is 0 Å². The van der Waals surface area contributed by atoms with Crippen LogP contribution in [0.2, 0.25) is 19.6 Å². The highest BCUT2D eigenvalue weighted by molar-refractivity contribution is 9.09. The Hall–Kier alpha value is 0.657. The quantitative estimate of drug-likeness (QED) is 0.212. The summed E-state index contributed by atoms with van der Waals surface area (Å²) in [5.74, 6) is 0.792. The lowest BCUT2D eigenvalue weighted by molar-refractivity contribution is 0.226. The first-order chi connectivity index (χ1) is 8.99. The molecule has 0 bridgehead atoms. The molecule has 0 radical (unpaired) electrons. The Kier molecular flexibility index (Phi) is 12.8. The molecule has 0 saturated heterocycles. The summed E-state index contributed by atoms with van der Waals surface area (Å²) in [7, 11) is -1.31. The second kappa shape index (κ2) is 12.4. The second-order valence-corrected chi connectivity index (χ2v) is 12.0. The van der Waals surface area contributed by atoms with Crippen LogP contribution in [0.4, 0.5) is 0 Å². The fourth-order valence-electron chi connectivity index (χ4n) is 2.18. The second-order valence-electron chi connectivity index (χ2n) is 6.65. The minimum absolute atomic E-state index is 0.792. The largest absolute Gasteiger partial charge is 0.417 e. The molecule has 19 heavy (non-hydrogen) atoms. The molecule has 0 rings (SSSR count). The first-order valence-corrected chi connectivity index (χ1v) is 12.7. The highest BCUT2D eigenvalue weighted by Gasteiger charge is 2.16. The van der Waals surface area contributed by atoms with Crippen LogP contribution in [0.5, 0.6) is 0 Å². The van der Waals surface area contributed by atoms with Gasteiger partial charge in [-0.2, -0.15) is 0 Å². The van der Waals surface area contributed by atoms with Crippen molar-refractivity contribution in [1.82, 2.24) is 0 Å². The lowest BCUT2D eigenvalue weighted by Crippen LogP contribution is -2.28. The van der Waals surface area contributed by atoms with Crippen molar-refractivity contribution in [1.29, 1.82) is 0 Å². The summed E-state index contributed by atoms with van der Waals surface area (Å²) in [5.41, 5.74) is 0. The van der Waals surface area contributed by atoms with Gasteiger partial charge < -0.3 is 4.43 Å². The molecule has 0 fully saturated rings. The first-order valence-electron chi connectivity index (χ1n) is 8.19. The molecular weight excluding hydrogens is 316 g/mol. The van der Waals surface area contributed by atoms with Crippen LogP contribution in [0.25, 0.3) is 0 Å². The number of unbranched alkanes of at least 4 members (excludes halogenated alkanes) is 6. The van der Waals surface area contributed by atoms with Crippen LogP contribution in [-0.2, 0) is 4.43 Å². The maximum atomic E-state index is 6.04. The number of rotatable bonds is 13. The van der Waals surface area contributed by atoms with E-state index in [4.69, 9.17) is 4.43 Å². The zero-order valence-corrected chi connectivity index (χ0v) is 16.2. The predicted octanol–water partition coefficient (Wildman–Crippen LogP) is 6.38. The summed E-state index contributed by atoms with van der Waals surface area (Å²) in [4.78, 5) is 0. The van der Waals surface area contributed by atoms with Gasteiger partial charge in [-0.1, -0.05) is 67.8 Å². The topological polar surface area (TPSA) is 9.23 Å². The molecule has 0 N–H and O–H groups in total. The summed E-state index contributed by atoms with van der Waals surface area (Å²) in [6.07, 6.45) is 12.4. The molecule has 0 aromatic heterocycles. The van der Waals surface area contributed by atoms with E-state index in [1.165, 1.54) is 63.1 Å². The van der Waals surface area contributed by atoms with Gasteiger partial charge in [0, 0.05) is 11.9 Å². The van der Waals surface area contributed by atoms with E-state index in [0.717, 1.165) is 12.5 Å². The van der Waals surface area contributed by atoms with Gasteiger partial charge >= 0.3 is 0 Å². The molecule has 0 aromatic rings. The molecule has 0 spiro atoms. The van der Waals surface area contributed by atoms with Gasteiger partial charge in [-0.05, 0) is 38.4 Å². The van der Waals surface area contributed by atoms with Crippen LogP contribution in [0, 0.1) is 5.92 Å². The number of hydrogen-bond acceptors (Lipinski definition) is 1. The molecule has 0 aliphatic carbocycles. The van der Waals surface area contributed by atoms with Gasteiger partial charge in [0.25, 0.3) is 0 Å². The number of alkyl halides is 1. The molecule has 0 aromatic carbocycles. The Morgan fingerprint density at radius 3 is 1.89 bits per heavy atom. The molecule has 3 heteroatoms. The van der Waals surface area contributed by atoms with Crippen molar-refractivity contribution in [3.8, 4) is 0 Å². The van der Waals surface area contributed by atoms with Gasteiger partial charge in [0.15, 0.2) is 8.32 Å². The molecule has 0 aliphatic heterocycles. The predicted molar refractivity (Wildman–Crippen MR) is 93.8 cm³/mol. The van der Waals surface area contributed by atoms with Crippen molar-refractivity contribution in [3.05, 3.63) is 0 Å². The molecule has 0 saturated carbocycles. The van der Waals surface area contributed by atoms with Crippen LogP contribution >= 0.6 is 15.9 Å². The third-order valence-corrected chi connectivity index (χ3v) is 5.17. The lowest BCUT2D eigenvalue weighted by atomic mass is 9.99. The first kappa shape index (κ1) is 19.7. The fourth-order valence-corrected chi connectivity index (χ4v) is 3.32. The average molecular weight is 351 g/mol. The minimum atomic E-state index is -1.31. The maximum Gasteiger partial charge on any atom is 0.183 e. The Morgan fingerprint density at radius 2 is 1.42 bits per heavy atom. The number of hydrogen-bond donors (Lipinski definition) is 0. The minimum Gasteiger partial charge on any atom is -0.417 e. The zero-order valence-electron chi connectivity index (χ0n) is 13.6. The molecule has 1 atom stereocenters. The summed E-state index contributed by atoms with van der Waals surface area (Å²) in [6.45, 7) is 10.2. The standard InChI is InChI=1S/C16H35BrOSi/c1-5-16(15-18-19(2,3)4)13-11-9-7-6-8-10-12-14-17/h16H,5-15H2,1-4H3. The average Bonchev–Trinajstić information content (AvgIpc) is 2.35. The van der Waals surface area contributed by atoms with Gasteiger partial charge in [-0.3, -0.25) is 0 Å². The van der Waals surface area contributed by atoms with E-state index in [-0.39, 0.29) is 0 Å². The van der Waals surface area contributed by atoms with E-state index in [2.05, 4.69) is 42.5 Å². The third kappa shape index (κ3) is 14.9. The van der Waals surface area contributed by atoms with Gasteiger partial charge in [-0.15, -0.1) is 0 Å². The van der Waals surface area contributed by atoms with E-state index in [9.17, 15) is 0 Å². The van der Waals surface area contributed by atoms with Crippen molar-refractivity contribution < 1.29 is 4.43 Å². The van der Waals surface area contributed by atoms with Gasteiger partial charge in [0.1, 0.15) is 0 Å². The maximum absolute atomic E-state index is 6.04. The van der Waals surface area contributed by atoms with Crippen LogP contribution in [0.3, 0.4) is 0 Å². The van der Waals surface area contributed by atoms with Gasteiger partial charge in [0.2, 0.25) is 0 Å². The molecule has 0 heterocycles. The smallest absolute Gasteiger partial charge is 0.183 e. The van der Waals surface area contributed by atoms with Crippen LogP contribution in [0.1, 0.15) is 64.7 Å². The van der Waals surface area contributed by atoms with Crippen molar-refractivity contribution >= 4 is 24.2 Å². The van der Waals surface area contributed by atoms with Crippen molar-refractivity contribution in [2.75, 3.05) is 11.9 Å².